The second-order valence-electron chi connectivity index (χ2n) is 5.72. The average Bonchev–Trinajstić information content (AvgIpc) is 2.33. The highest BCUT2D eigenvalue weighted by atomic mass is 16.5. The van der Waals surface area contributed by atoms with Crippen LogP contribution in [0.2, 0.25) is 0 Å². The van der Waals surface area contributed by atoms with Crippen LogP contribution in [-0.4, -0.2) is 25.2 Å². The van der Waals surface area contributed by atoms with Crippen LogP contribution in [0.25, 0.3) is 0 Å². The fourth-order valence-corrected chi connectivity index (χ4v) is 1.66. The van der Waals surface area contributed by atoms with Crippen molar-refractivity contribution in [2.45, 2.75) is 45.8 Å². The van der Waals surface area contributed by atoms with Gasteiger partial charge in [0.25, 0.3) is 0 Å². The van der Waals surface area contributed by atoms with Crippen molar-refractivity contribution >= 4 is 0 Å². The Morgan fingerprint density at radius 3 is 2.50 bits per heavy atom. The Labute approximate surface area is 111 Å². The maximum absolute atomic E-state index is 5.34. The molecule has 3 heteroatoms. The first-order chi connectivity index (χ1) is 8.42. The lowest BCUT2D eigenvalue weighted by molar-refractivity contribution is 0.381. The fraction of sp³-hybridized carbons (Fsp3) is 0.600. The second kappa shape index (κ2) is 6.76. The summed E-state index contributed by atoms with van der Waals surface area (Å²) < 4.78 is 5.34. The zero-order chi connectivity index (χ0) is 13.6. The van der Waals surface area contributed by atoms with Crippen molar-refractivity contribution in [3.05, 3.63) is 29.8 Å². The summed E-state index contributed by atoms with van der Waals surface area (Å²) in [6, 6.07) is 8.55. The highest BCUT2D eigenvalue weighted by molar-refractivity contribution is 5.32. The fourth-order valence-electron chi connectivity index (χ4n) is 1.66. The molecule has 0 bridgehead atoms. The number of benzene rings is 1. The molecule has 1 atom stereocenters. The SMILES string of the molecule is COc1ccccc1CNC(C)CNC(C)(C)C. The summed E-state index contributed by atoms with van der Waals surface area (Å²) in [6.07, 6.45) is 0. The van der Waals surface area contributed by atoms with Crippen LogP contribution in [0.15, 0.2) is 24.3 Å². The van der Waals surface area contributed by atoms with E-state index in [2.05, 4.69) is 44.4 Å². The third-order valence-electron chi connectivity index (χ3n) is 2.77. The van der Waals surface area contributed by atoms with Gasteiger partial charge in [-0.05, 0) is 33.8 Å². The number of ether oxygens (including phenoxy) is 1. The van der Waals surface area contributed by atoms with E-state index in [9.17, 15) is 0 Å². The van der Waals surface area contributed by atoms with Gasteiger partial charge in [-0.25, -0.2) is 0 Å². The summed E-state index contributed by atoms with van der Waals surface area (Å²) in [5.74, 6) is 0.945. The average molecular weight is 250 g/mol. The lowest BCUT2D eigenvalue weighted by atomic mass is 10.1. The number of hydrogen-bond acceptors (Lipinski definition) is 3. The molecule has 1 rings (SSSR count). The maximum Gasteiger partial charge on any atom is 0.123 e. The van der Waals surface area contributed by atoms with Crippen LogP contribution in [0, 0.1) is 0 Å². The smallest absolute Gasteiger partial charge is 0.123 e. The Morgan fingerprint density at radius 2 is 1.89 bits per heavy atom. The predicted molar refractivity (Wildman–Crippen MR) is 77.1 cm³/mol. The Bertz CT molecular complexity index is 358. The third-order valence-corrected chi connectivity index (χ3v) is 2.77. The molecular weight excluding hydrogens is 224 g/mol. The summed E-state index contributed by atoms with van der Waals surface area (Å²) in [5.41, 5.74) is 1.36. The number of methoxy groups -OCH3 is 1. The van der Waals surface area contributed by atoms with Crippen molar-refractivity contribution in [1.29, 1.82) is 0 Å². The van der Waals surface area contributed by atoms with Crippen molar-refractivity contribution in [2.75, 3.05) is 13.7 Å². The molecule has 0 amide bonds. The zero-order valence-corrected chi connectivity index (χ0v) is 12.2. The first kappa shape index (κ1) is 15.0. The van der Waals surface area contributed by atoms with E-state index < -0.39 is 0 Å². The first-order valence-corrected chi connectivity index (χ1v) is 6.52. The molecule has 0 radical (unpaired) electrons. The molecule has 0 heterocycles. The van der Waals surface area contributed by atoms with E-state index >= 15 is 0 Å². The lowest BCUT2D eigenvalue weighted by Crippen LogP contribution is -2.44. The minimum absolute atomic E-state index is 0.167. The molecule has 0 aliphatic rings. The van der Waals surface area contributed by atoms with Crippen LogP contribution in [0.3, 0.4) is 0 Å². The largest absolute Gasteiger partial charge is 0.496 e. The summed E-state index contributed by atoms with van der Waals surface area (Å²) in [6.45, 7) is 10.5. The highest BCUT2D eigenvalue weighted by Crippen LogP contribution is 2.16. The van der Waals surface area contributed by atoms with Crippen LogP contribution in [-0.2, 0) is 6.54 Å². The number of hydrogen-bond donors (Lipinski definition) is 2. The highest BCUT2D eigenvalue weighted by Gasteiger charge is 2.11. The van der Waals surface area contributed by atoms with Crippen LogP contribution in [0.5, 0.6) is 5.75 Å². The quantitative estimate of drug-likeness (QED) is 0.814. The van der Waals surface area contributed by atoms with Gasteiger partial charge in [-0.15, -0.1) is 0 Å². The number of nitrogens with one attached hydrogen (secondary N) is 2. The van der Waals surface area contributed by atoms with Crippen LogP contribution >= 0.6 is 0 Å². The Balaban J connectivity index is 2.40. The molecule has 1 aromatic rings. The summed E-state index contributed by atoms with van der Waals surface area (Å²) in [4.78, 5) is 0. The zero-order valence-electron chi connectivity index (χ0n) is 12.2. The van der Waals surface area contributed by atoms with Crippen LogP contribution in [0.4, 0.5) is 0 Å². The van der Waals surface area contributed by atoms with Gasteiger partial charge in [-0.3, -0.25) is 0 Å². The minimum atomic E-state index is 0.167. The summed E-state index contributed by atoms with van der Waals surface area (Å²) >= 11 is 0. The van der Waals surface area contributed by atoms with Crippen molar-refractivity contribution in [2.24, 2.45) is 0 Å². The normalized spacial score (nSPS) is 13.4. The molecule has 0 saturated heterocycles. The van der Waals surface area contributed by atoms with Crippen LogP contribution < -0.4 is 15.4 Å². The third kappa shape index (κ3) is 5.52. The first-order valence-electron chi connectivity index (χ1n) is 6.52. The molecule has 2 N–H and O–H groups in total. The van der Waals surface area contributed by atoms with E-state index in [1.54, 1.807) is 7.11 Å². The van der Waals surface area contributed by atoms with Crippen molar-refractivity contribution in [3.8, 4) is 5.75 Å². The van der Waals surface area contributed by atoms with Gasteiger partial charge in [-0.2, -0.15) is 0 Å². The molecule has 1 unspecified atom stereocenters. The summed E-state index contributed by atoms with van der Waals surface area (Å²) in [7, 11) is 1.71. The summed E-state index contributed by atoms with van der Waals surface area (Å²) in [5, 5.41) is 7.00. The van der Waals surface area contributed by atoms with Crippen LogP contribution in [0.1, 0.15) is 33.3 Å². The Morgan fingerprint density at radius 1 is 1.22 bits per heavy atom. The molecule has 18 heavy (non-hydrogen) atoms. The molecule has 102 valence electrons. The van der Waals surface area contributed by atoms with E-state index in [0.717, 1.165) is 18.8 Å². The molecule has 0 saturated carbocycles. The van der Waals surface area contributed by atoms with Gasteiger partial charge < -0.3 is 15.4 Å². The molecule has 0 aromatic heterocycles. The molecule has 3 nitrogen and oxygen atoms in total. The van der Waals surface area contributed by atoms with Gasteiger partial charge in [0, 0.05) is 30.2 Å². The van der Waals surface area contributed by atoms with Gasteiger partial charge in [-0.1, -0.05) is 18.2 Å². The topological polar surface area (TPSA) is 33.3 Å². The van der Waals surface area contributed by atoms with Gasteiger partial charge in [0.1, 0.15) is 5.75 Å². The van der Waals surface area contributed by atoms with Gasteiger partial charge in [0.15, 0.2) is 0 Å². The predicted octanol–water partition coefficient (Wildman–Crippen LogP) is 2.56. The van der Waals surface area contributed by atoms with Gasteiger partial charge in [0.05, 0.1) is 7.11 Å². The monoisotopic (exact) mass is 250 g/mol. The number of para-hydroxylation sites is 1. The molecule has 0 spiro atoms. The van der Waals surface area contributed by atoms with Gasteiger partial charge >= 0.3 is 0 Å². The Kier molecular flexibility index (Phi) is 5.63. The molecular formula is C15H26N2O. The van der Waals surface area contributed by atoms with Crippen molar-refractivity contribution in [1.82, 2.24) is 10.6 Å². The standard InChI is InChI=1S/C15H26N2O/c1-12(10-17-15(2,3)4)16-11-13-8-6-7-9-14(13)18-5/h6-9,12,16-17H,10-11H2,1-5H3. The molecule has 0 aliphatic carbocycles. The lowest BCUT2D eigenvalue weighted by Gasteiger charge is -2.24. The van der Waals surface area contributed by atoms with E-state index in [1.165, 1.54) is 5.56 Å². The second-order valence-corrected chi connectivity index (χ2v) is 5.72. The maximum atomic E-state index is 5.34. The van der Waals surface area contributed by atoms with E-state index in [0.29, 0.717) is 6.04 Å². The Hall–Kier alpha value is -1.06. The van der Waals surface area contributed by atoms with Crippen molar-refractivity contribution in [3.63, 3.8) is 0 Å². The number of rotatable bonds is 6. The minimum Gasteiger partial charge on any atom is -0.496 e. The molecule has 0 aliphatic heterocycles. The van der Waals surface area contributed by atoms with Gasteiger partial charge in [0.2, 0.25) is 0 Å². The van der Waals surface area contributed by atoms with Crippen molar-refractivity contribution < 1.29 is 4.74 Å². The molecule has 1 aromatic carbocycles. The molecule has 0 fully saturated rings. The van der Waals surface area contributed by atoms with E-state index in [4.69, 9.17) is 4.74 Å². The van der Waals surface area contributed by atoms with E-state index in [-0.39, 0.29) is 5.54 Å². The van der Waals surface area contributed by atoms with E-state index in [1.807, 2.05) is 18.2 Å².